The summed E-state index contributed by atoms with van der Waals surface area (Å²) in [4.78, 5) is 16.3. The topological polar surface area (TPSA) is 61.7 Å². The van der Waals surface area contributed by atoms with Crippen molar-refractivity contribution in [2.45, 2.75) is 0 Å². The first-order valence-corrected chi connectivity index (χ1v) is 20.5. The Morgan fingerprint density at radius 1 is 0.377 bits per heavy atom. The van der Waals surface area contributed by atoms with Gasteiger partial charge in [0.1, 0.15) is 11.2 Å². The Morgan fingerprint density at radius 3 is 1.79 bits per heavy atom. The highest BCUT2D eigenvalue weighted by Crippen LogP contribution is 2.44. The van der Waals surface area contributed by atoms with Gasteiger partial charge in [-0.1, -0.05) is 140 Å². The van der Waals surface area contributed by atoms with Crippen LogP contribution in [0.5, 0.6) is 0 Å². The molecule has 0 aliphatic carbocycles. The number of hydrogen-bond donors (Lipinski definition) is 0. The summed E-state index contributed by atoms with van der Waals surface area (Å²) in [5.74, 6) is 1.67. The summed E-state index contributed by atoms with van der Waals surface area (Å²) in [7, 11) is 0. The van der Waals surface area contributed by atoms with Gasteiger partial charge in [-0.2, -0.15) is 0 Å². The van der Waals surface area contributed by atoms with E-state index in [4.69, 9.17) is 19.4 Å². The molecule has 0 aliphatic rings. The Bertz CT molecular complexity index is 3880. The standard InChI is InChI=1S/C55H33N5O/c1-3-16-34(17-4-1)53-56-54(43-26-15-25-41-38-22-9-12-27-45(38)59(51(41)43)37-20-5-2-6-21-37)58-55(57-53)50-47(31-30-42-40-24-11-14-29-49(40)61-52(42)50)60-46-28-13-10-23-39(46)44-32-35-18-7-8-19-36(35)33-48(44)60/h1-33H. The predicted molar refractivity (Wildman–Crippen MR) is 250 cm³/mol. The maximum absolute atomic E-state index is 6.93. The van der Waals surface area contributed by atoms with E-state index in [2.05, 4.69) is 179 Å². The van der Waals surface area contributed by atoms with Crippen LogP contribution in [0.4, 0.5) is 0 Å². The smallest absolute Gasteiger partial charge is 0.170 e. The number of para-hydroxylation sites is 5. The van der Waals surface area contributed by atoms with Crippen LogP contribution in [0.25, 0.3) is 122 Å². The molecule has 284 valence electrons. The fourth-order valence-electron chi connectivity index (χ4n) is 9.46. The molecule has 9 aromatic carbocycles. The van der Waals surface area contributed by atoms with E-state index < -0.39 is 0 Å². The van der Waals surface area contributed by atoms with Gasteiger partial charge in [0.05, 0.1) is 33.3 Å². The highest BCUT2D eigenvalue weighted by molar-refractivity contribution is 6.17. The Morgan fingerprint density at radius 2 is 0.984 bits per heavy atom. The highest BCUT2D eigenvalue weighted by Gasteiger charge is 2.26. The van der Waals surface area contributed by atoms with Crippen LogP contribution in [-0.4, -0.2) is 24.1 Å². The van der Waals surface area contributed by atoms with Gasteiger partial charge < -0.3 is 13.6 Å². The normalized spacial score (nSPS) is 11.9. The molecular weight excluding hydrogens is 747 g/mol. The predicted octanol–water partition coefficient (Wildman–Crippen LogP) is 14.1. The third kappa shape index (κ3) is 5.06. The van der Waals surface area contributed by atoms with E-state index in [1.165, 1.54) is 21.5 Å². The summed E-state index contributed by atoms with van der Waals surface area (Å²) in [6.07, 6.45) is 0. The van der Waals surface area contributed by atoms with Crippen LogP contribution in [0.2, 0.25) is 0 Å². The van der Waals surface area contributed by atoms with Crippen molar-refractivity contribution < 1.29 is 4.42 Å². The Hall–Kier alpha value is -8.35. The van der Waals surface area contributed by atoms with Gasteiger partial charge in [0, 0.05) is 49.1 Å². The molecule has 13 aromatic rings. The molecule has 0 bridgehead atoms. The van der Waals surface area contributed by atoms with Crippen LogP contribution < -0.4 is 0 Å². The first-order valence-electron chi connectivity index (χ1n) is 20.5. The number of fused-ring (bicyclic) bond motifs is 10. The van der Waals surface area contributed by atoms with E-state index in [-0.39, 0.29) is 0 Å². The fourth-order valence-corrected chi connectivity index (χ4v) is 9.46. The molecule has 0 amide bonds. The molecule has 0 N–H and O–H groups in total. The monoisotopic (exact) mass is 779 g/mol. The van der Waals surface area contributed by atoms with Crippen molar-refractivity contribution >= 4 is 76.3 Å². The van der Waals surface area contributed by atoms with Gasteiger partial charge in [-0.3, -0.25) is 0 Å². The maximum atomic E-state index is 6.93. The van der Waals surface area contributed by atoms with Crippen LogP contribution in [0.3, 0.4) is 0 Å². The van der Waals surface area contributed by atoms with Gasteiger partial charge in [-0.25, -0.2) is 15.0 Å². The number of rotatable bonds is 5. The molecule has 6 heteroatoms. The zero-order valence-corrected chi connectivity index (χ0v) is 32.7. The minimum absolute atomic E-state index is 0.523. The quantitative estimate of drug-likeness (QED) is 0.175. The van der Waals surface area contributed by atoms with E-state index in [1.54, 1.807) is 0 Å². The van der Waals surface area contributed by atoms with Gasteiger partial charge in [0.2, 0.25) is 0 Å². The van der Waals surface area contributed by atoms with Crippen LogP contribution in [0, 0.1) is 0 Å². The maximum Gasteiger partial charge on any atom is 0.170 e. The zero-order valence-electron chi connectivity index (χ0n) is 32.7. The molecule has 4 aromatic heterocycles. The van der Waals surface area contributed by atoms with Crippen molar-refractivity contribution in [3.8, 4) is 45.5 Å². The molecule has 0 radical (unpaired) electrons. The number of furan rings is 1. The molecule has 0 atom stereocenters. The lowest BCUT2D eigenvalue weighted by Crippen LogP contribution is -2.05. The average molecular weight is 780 g/mol. The Labute approximate surface area is 349 Å². The number of benzene rings is 9. The average Bonchev–Trinajstić information content (AvgIpc) is 3.98. The van der Waals surface area contributed by atoms with Gasteiger partial charge >= 0.3 is 0 Å². The van der Waals surface area contributed by atoms with E-state index in [9.17, 15) is 0 Å². The summed E-state index contributed by atoms with van der Waals surface area (Å²) < 4.78 is 11.6. The molecule has 61 heavy (non-hydrogen) atoms. The van der Waals surface area contributed by atoms with Crippen molar-refractivity contribution in [1.29, 1.82) is 0 Å². The van der Waals surface area contributed by atoms with Gasteiger partial charge in [0.25, 0.3) is 0 Å². The summed E-state index contributed by atoms with van der Waals surface area (Å²) in [6.45, 7) is 0. The van der Waals surface area contributed by atoms with Crippen LogP contribution in [0.1, 0.15) is 0 Å². The second kappa shape index (κ2) is 13.1. The first-order chi connectivity index (χ1) is 30.3. The molecule has 0 unspecified atom stereocenters. The van der Waals surface area contributed by atoms with Crippen molar-refractivity contribution in [2.75, 3.05) is 0 Å². The summed E-state index contributed by atoms with van der Waals surface area (Å²) in [5.41, 5.74) is 10.4. The van der Waals surface area contributed by atoms with Crippen molar-refractivity contribution in [2.24, 2.45) is 0 Å². The van der Waals surface area contributed by atoms with E-state index in [1.807, 2.05) is 30.3 Å². The number of aromatic nitrogens is 5. The lowest BCUT2D eigenvalue weighted by molar-refractivity contribution is 0.669. The largest absolute Gasteiger partial charge is 0.455 e. The molecule has 0 aliphatic heterocycles. The molecule has 0 saturated heterocycles. The summed E-state index contributed by atoms with van der Waals surface area (Å²) in [5, 5.41) is 9.02. The third-order valence-electron chi connectivity index (χ3n) is 12.1. The second-order valence-corrected chi connectivity index (χ2v) is 15.6. The van der Waals surface area contributed by atoms with E-state index >= 15 is 0 Å². The minimum Gasteiger partial charge on any atom is -0.455 e. The molecule has 13 rings (SSSR count). The minimum atomic E-state index is 0.523. The fraction of sp³-hybridized carbons (Fsp3) is 0. The first kappa shape index (κ1) is 33.6. The van der Waals surface area contributed by atoms with Crippen LogP contribution in [0.15, 0.2) is 205 Å². The lowest BCUT2D eigenvalue weighted by atomic mass is 10.0. The van der Waals surface area contributed by atoms with Crippen molar-refractivity contribution in [1.82, 2.24) is 24.1 Å². The van der Waals surface area contributed by atoms with Gasteiger partial charge in [0.15, 0.2) is 17.5 Å². The molecule has 0 fully saturated rings. The molecular formula is C55H33N5O. The van der Waals surface area contributed by atoms with Crippen LogP contribution >= 0.6 is 0 Å². The molecule has 6 nitrogen and oxygen atoms in total. The number of nitrogens with zero attached hydrogens (tertiary/aromatic N) is 5. The van der Waals surface area contributed by atoms with E-state index in [0.29, 0.717) is 17.5 Å². The highest BCUT2D eigenvalue weighted by atomic mass is 16.3. The van der Waals surface area contributed by atoms with Crippen molar-refractivity contribution in [3.05, 3.63) is 200 Å². The third-order valence-corrected chi connectivity index (χ3v) is 12.1. The van der Waals surface area contributed by atoms with Crippen molar-refractivity contribution in [3.63, 3.8) is 0 Å². The molecule has 0 saturated carbocycles. The van der Waals surface area contributed by atoms with E-state index in [0.717, 1.165) is 82.8 Å². The summed E-state index contributed by atoms with van der Waals surface area (Å²) >= 11 is 0. The Kier molecular flexibility index (Phi) is 7.21. The molecule has 4 heterocycles. The van der Waals surface area contributed by atoms with Gasteiger partial charge in [-0.15, -0.1) is 0 Å². The van der Waals surface area contributed by atoms with Gasteiger partial charge in [-0.05, 0) is 71.4 Å². The SMILES string of the molecule is c1ccc(-c2nc(-c3c(-n4c5ccccc5c5cc6ccccc6cc54)ccc4c3oc3ccccc34)nc(-c3cccc4c5ccccc5n(-c5ccccc5)c34)n2)cc1. The van der Waals surface area contributed by atoms with Crippen LogP contribution in [-0.2, 0) is 0 Å². The number of hydrogen-bond acceptors (Lipinski definition) is 4. The lowest BCUT2D eigenvalue weighted by Gasteiger charge is -2.16. The second-order valence-electron chi connectivity index (χ2n) is 15.6. The molecule has 0 spiro atoms. The summed E-state index contributed by atoms with van der Waals surface area (Å²) in [6, 6.07) is 70.2. The zero-order chi connectivity index (χ0) is 40.0. The Balaban J connectivity index is 1.18.